The summed E-state index contributed by atoms with van der Waals surface area (Å²) < 4.78 is 1.76. The fraction of sp³-hybridized carbons (Fsp3) is 0.267. The molecule has 0 saturated carbocycles. The van der Waals surface area contributed by atoms with E-state index in [-0.39, 0.29) is 11.9 Å². The molecule has 9 nitrogen and oxygen atoms in total. The molecule has 1 atom stereocenters. The zero-order valence-electron chi connectivity index (χ0n) is 22.6. The zero-order chi connectivity index (χ0) is 27.4. The van der Waals surface area contributed by atoms with Gasteiger partial charge in [-0.25, -0.2) is 9.98 Å². The molecule has 1 unspecified atom stereocenters. The second-order valence-electron chi connectivity index (χ2n) is 9.92. The number of hydrogen-bond acceptors (Lipinski definition) is 7. The van der Waals surface area contributed by atoms with Crippen LogP contribution < -0.4 is 20.9 Å². The third-order valence-corrected chi connectivity index (χ3v) is 6.90. The maximum absolute atomic E-state index is 12.8. The minimum atomic E-state index is -0.176. The normalized spacial score (nSPS) is 16.1. The average molecular weight is 523 g/mol. The molecule has 1 fully saturated rings. The van der Waals surface area contributed by atoms with Crippen molar-refractivity contribution in [1.82, 2.24) is 25.4 Å². The van der Waals surface area contributed by atoms with Crippen LogP contribution in [0.4, 0.5) is 11.5 Å². The molecule has 39 heavy (non-hydrogen) atoms. The van der Waals surface area contributed by atoms with Crippen LogP contribution >= 0.6 is 0 Å². The Balaban J connectivity index is 1.15. The van der Waals surface area contributed by atoms with E-state index in [9.17, 15) is 4.79 Å². The average Bonchev–Trinajstić information content (AvgIpc) is 3.70. The quantitative estimate of drug-likeness (QED) is 0.394. The molecule has 3 N–H and O–H groups in total. The molecule has 4 heterocycles. The van der Waals surface area contributed by atoms with E-state index in [2.05, 4.69) is 49.4 Å². The first-order valence-corrected chi connectivity index (χ1v) is 13.2. The standard InChI is InChI=1S/C30H34N8O/c1-20(15-32-29-21(2)27(18-33-29)25-17-34-37(4)19-25)35-22(3)23-8-7-9-26(14-23)36-30(39)24-10-11-28(31-16-24)38-12-5-6-13-38/h7-11,14-19,22,35H,2,5-6,12-13H2,1,3-4H3,(H,32,33)(H,36,39)/b20-15+. The van der Waals surface area contributed by atoms with Gasteiger partial charge in [0.15, 0.2) is 0 Å². The van der Waals surface area contributed by atoms with E-state index >= 15 is 0 Å². The summed E-state index contributed by atoms with van der Waals surface area (Å²) in [6, 6.07) is 11.6. The highest BCUT2D eigenvalue weighted by Crippen LogP contribution is 2.26. The minimum absolute atomic E-state index is 0.0131. The molecule has 1 saturated heterocycles. The number of anilines is 2. The molecule has 1 amide bonds. The van der Waals surface area contributed by atoms with E-state index in [1.165, 1.54) is 12.8 Å². The van der Waals surface area contributed by atoms with Crippen LogP contribution in [0.1, 0.15) is 54.2 Å². The number of pyridine rings is 1. The largest absolute Gasteiger partial charge is 0.381 e. The highest BCUT2D eigenvalue weighted by molar-refractivity contribution is 6.15. The summed E-state index contributed by atoms with van der Waals surface area (Å²) in [5, 5.41) is 14.0. The van der Waals surface area contributed by atoms with Gasteiger partial charge < -0.3 is 20.9 Å². The van der Waals surface area contributed by atoms with E-state index in [0.717, 1.165) is 52.6 Å². The third-order valence-electron chi connectivity index (χ3n) is 6.90. The Morgan fingerprint density at radius 3 is 2.69 bits per heavy atom. The van der Waals surface area contributed by atoms with Gasteiger partial charge in [0.05, 0.1) is 11.8 Å². The Hall–Kier alpha value is -4.66. The van der Waals surface area contributed by atoms with Gasteiger partial charge in [0.25, 0.3) is 5.91 Å². The van der Waals surface area contributed by atoms with Gasteiger partial charge in [-0.05, 0) is 56.5 Å². The number of allylic oxidation sites excluding steroid dienone is 1. The first kappa shape index (κ1) is 26.0. The van der Waals surface area contributed by atoms with Crippen LogP contribution in [0.2, 0.25) is 0 Å². The van der Waals surface area contributed by atoms with Crippen LogP contribution in [-0.2, 0) is 7.05 Å². The van der Waals surface area contributed by atoms with Gasteiger partial charge in [-0.15, -0.1) is 0 Å². The number of amidine groups is 1. The van der Waals surface area contributed by atoms with Crippen molar-refractivity contribution in [1.29, 1.82) is 0 Å². The molecule has 0 aliphatic carbocycles. The summed E-state index contributed by atoms with van der Waals surface area (Å²) in [7, 11) is 1.88. The Morgan fingerprint density at radius 1 is 1.15 bits per heavy atom. The smallest absolute Gasteiger partial charge is 0.257 e. The fourth-order valence-electron chi connectivity index (χ4n) is 4.73. The van der Waals surface area contributed by atoms with Crippen molar-refractivity contribution in [2.45, 2.75) is 32.7 Å². The highest BCUT2D eigenvalue weighted by Gasteiger charge is 2.18. The first-order valence-electron chi connectivity index (χ1n) is 13.2. The van der Waals surface area contributed by atoms with Gasteiger partial charge in [-0.2, -0.15) is 5.10 Å². The van der Waals surface area contributed by atoms with Crippen LogP contribution in [0.25, 0.3) is 5.57 Å². The lowest BCUT2D eigenvalue weighted by molar-refractivity contribution is 0.102. The second-order valence-corrected chi connectivity index (χ2v) is 9.92. The number of amides is 1. The van der Waals surface area contributed by atoms with Crippen LogP contribution in [0.5, 0.6) is 0 Å². The van der Waals surface area contributed by atoms with Crippen LogP contribution in [0.15, 0.2) is 90.2 Å². The monoisotopic (exact) mass is 522 g/mol. The van der Waals surface area contributed by atoms with Gasteiger partial charge in [-0.1, -0.05) is 18.7 Å². The molecule has 5 rings (SSSR count). The number of nitrogens with one attached hydrogen (secondary N) is 3. The topological polar surface area (TPSA) is 99.5 Å². The SMILES string of the molecule is C=C1C(c2cnn(C)c2)=CN=C1N/C=C(\C)NC(C)c1cccc(NC(=O)c2ccc(N3CCCC3)nc2)c1. The first-order chi connectivity index (χ1) is 18.9. The minimum Gasteiger partial charge on any atom is -0.381 e. The molecule has 1 aromatic carbocycles. The van der Waals surface area contributed by atoms with E-state index < -0.39 is 0 Å². The van der Waals surface area contributed by atoms with Crippen molar-refractivity contribution in [3.63, 3.8) is 0 Å². The number of aliphatic imine (C=N–C) groups is 1. The number of hydrogen-bond donors (Lipinski definition) is 3. The van der Waals surface area contributed by atoms with Gasteiger partial charge in [0.2, 0.25) is 0 Å². The lowest BCUT2D eigenvalue weighted by atomic mass is 10.0. The summed E-state index contributed by atoms with van der Waals surface area (Å²) in [5.41, 5.74) is 6.02. The number of aromatic nitrogens is 3. The summed E-state index contributed by atoms with van der Waals surface area (Å²) in [5.74, 6) is 1.46. The van der Waals surface area contributed by atoms with Gasteiger partial charge in [-0.3, -0.25) is 9.48 Å². The molecular formula is C30H34N8O. The molecule has 200 valence electrons. The number of benzene rings is 1. The molecular weight excluding hydrogens is 488 g/mol. The Bertz CT molecular complexity index is 1460. The molecule has 0 spiro atoms. The van der Waals surface area contributed by atoms with Crippen molar-refractivity contribution < 1.29 is 4.79 Å². The lowest BCUT2D eigenvalue weighted by Gasteiger charge is -2.18. The van der Waals surface area contributed by atoms with Gasteiger partial charge in [0.1, 0.15) is 11.7 Å². The number of carbonyl (C=O) groups excluding carboxylic acids is 1. The molecule has 2 aliphatic heterocycles. The molecule has 0 radical (unpaired) electrons. The van der Waals surface area contributed by atoms with Crippen LogP contribution in [-0.4, -0.2) is 39.6 Å². The van der Waals surface area contributed by atoms with E-state index in [1.54, 1.807) is 23.3 Å². The maximum atomic E-state index is 12.8. The molecule has 2 aliphatic rings. The van der Waals surface area contributed by atoms with Crippen LogP contribution in [0.3, 0.4) is 0 Å². The number of carbonyl (C=O) groups is 1. The fourth-order valence-corrected chi connectivity index (χ4v) is 4.73. The molecule has 2 aromatic heterocycles. The molecule has 9 heteroatoms. The highest BCUT2D eigenvalue weighted by atomic mass is 16.1. The van der Waals surface area contributed by atoms with Crippen LogP contribution in [0, 0.1) is 0 Å². The Kier molecular flexibility index (Phi) is 7.58. The van der Waals surface area contributed by atoms with Gasteiger partial charge in [0, 0.05) is 79.1 Å². The van der Waals surface area contributed by atoms with Crippen molar-refractivity contribution in [3.05, 3.63) is 102 Å². The summed E-state index contributed by atoms with van der Waals surface area (Å²) in [6.45, 7) is 10.3. The van der Waals surface area contributed by atoms with Crippen molar-refractivity contribution >= 4 is 28.8 Å². The summed E-state index contributed by atoms with van der Waals surface area (Å²) >= 11 is 0. The van der Waals surface area contributed by atoms with E-state index in [0.29, 0.717) is 11.4 Å². The predicted octanol–water partition coefficient (Wildman–Crippen LogP) is 4.78. The van der Waals surface area contributed by atoms with Crippen molar-refractivity contribution in [2.24, 2.45) is 12.0 Å². The zero-order valence-corrected chi connectivity index (χ0v) is 22.6. The van der Waals surface area contributed by atoms with E-state index in [1.807, 2.05) is 62.8 Å². The summed E-state index contributed by atoms with van der Waals surface area (Å²) in [6.07, 6.45) is 11.5. The van der Waals surface area contributed by atoms with Crippen molar-refractivity contribution in [2.75, 3.05) is 23.3 Å². The Morgan fingerprint density at radius 2 is 1.97 bits per heavy atom. The summed E-state index contributed by atoms with van der Waals surface area (Å²) in [4.78, 5) is 24.0. The molecule has 3 aromatic rings. The lowest BCUT2D eigenvalue weighted by Crippen LogP contribution is -2.22. The van der Waals surface area contributed by atoms with E-state index in [4.69, 9.17) is 0 Å². The van der Waals surface area contributed by atoms with Gasteiger partial charge >= 0.3 is 0 Å². The maximum Gasteiger partial charge on any atom is 0.257 e. The second kappa shape index (κ2) is 11.4. The number of aryl methyl sites for hydroxylation is 1. The third kappa shape index (κ3) is 6.09. The van der Waals surface area contributed by atoms with Crippen molar-refractivity contribution in [3.8, 4) is 0 Å². The molecule has 0 bridgehead atoms. The number of nitrogens with zero attached hydrogens (tertiary/aromatic N) is 5. The predicted molar refractivity (Wildman–Crippen MR) is 156 cm³/mol. The Labute approximate surface area is 229 Å². The number of rotatable bonds is 8.